The van der Waals surface area contributed by atoms with Gasteiger partial charge in [0.25, 0.3) is 0 Å². The van der Waals surface area contributed by atoms with Crippen LogP contribution in [0, 0.1) is 0 Å². The van der Waals surface area contributed by atoms with Crippen LogP contribution >= 0.6 is 0 Å². The van der Waals surface area contributed by atoms with Crippen molar-refractivity contribution in [1.82, 2.24) is 4.98 Å². The highest BCUT2D eigenvalue weighted by atomic mass is 16.5. The van der Waals surface area contributed by atoms with Gasteiger partial charge in [-0.15, -0.1) is 0 Å². The molecule has 0 aliphatic heterocycles. The fraction of sp³-hybridized carbons (Fsp3) is 0.0370. The number of methoxy groups -OCH3 is 1. The Balaban J connectivity index is 1.86. The van der Waals surface area contributed by atoms with Gasteiger partial charge in [0.1, 0.15) is 0 Å². The van der Waals surface area contributed by atoms with E-state index >= 15 is 0 Å². The molecule has 4 aromatic carbocycles. The van der Waals surface area contributed by atoms with E-state index in [1.165, 1.54) is 12.5 Å². The van der Waals surface area contributed by atoms with E-state index in [9.17, 15) is 4.79 Å². The van der Waals surface area contributed by atoms with Crippen molar-refractivity contribution in [2.24, 2.45) is 0 Å². The molecule has 0 fully saturated rings. The summed E-state index contributed by atoms with van der Waals surface area (Å²) in [5, 5.41) is 4.27. The van der Waals surface area contributed by atoms with E-state index in [4.69, 9.17) is 9.72 Å². The van der Waals surface area contributed by atoms with Crippen molar-refractivity contribution in [2.45, 2.75) is 0 Å². The summed E-state index contributed by atoms with van der Waals surface area (Å²) in [7, 11) is 1.39. The van der Waals surface area contributed by atoms with E-state index in [-0.39, 0.29) is 0 Å². The molecule has 1 heterocycles. The minimum Gasteiger partial charge on any atom is -0.464 e. The monoisotopic (exact) mass is 389 g/mol. The number of esters is 1. The van der Waals surface area contributed by atoms with Gasteiger partial charge in [-0.1, -0.05) is 91.0 Å². The Morgan fingerprint density at radius 2 is 1.37 bits per heavy atom. The largest absolute Gasteiger partial charge is 0.464 e. The summed E-state index contributed by atoms with van der Waals surface area (Å²) >= 11 is 0. The molecule has 5 rings (SSSR count). The molecule has 3 heteroatoms. The molecule has 0 bridgehead atoms. The lowest BCUT2D eigenvalue weighted by atomic mass is 9.93. The molecule has 0 aliphatic rings. The summed E-state index contributed by atoms with van der Waals surface area (Å²) < 4.78 is 5.11. The molecule has 1 aromatic heterocycles. The number of rotatable bonds is 3. The Labute approximate surface area is 174 Å². The Morgan fingerprint density at radius 3 is 2.13 bits per heavy atom. The molecule has 144 valence electrons. The van der Waals surface area contributed by atoms with Gasteiger partial charge in [-0.3, -0.25) is 0 Å². The van der Waals surface area contributed by atoms with Crippen molar-refractivity contribution in [3.8, 4) is 22.4 Å². The van der Waals surface area contributed by atoms with Crippen molar-refractivity contribution in [1.29, 1.82) is 0 Å². The molecule has 0 saturated heterocycles. The van der Waals surface area contributed by atoms with Crippen LogP contribution in [0.25, 0.3) is 43.9 Å². The summed E-state index contributed by atoms with van der Waals surface area (Å²) in [4.78, 5) is 17.6. The predicted molar refractivity (Wildman–Crippen MR) is 121 cm³/mol. The highest BCUT2D eigenvalue weighted by molar-refractivity contribution is 6.11. The number of fused-ring (bicyclic) bond motifs is 2. The molecule has 0 atom stereocenters. The van der Waals surface area contributed by atoms with E-state index in [0.717, 1.165) is 38.5 Å². The van der Waals surface area contributed by atoms with Gasteiger partial charge >= 0.3 is 5.97 Å². The third-order valence-electron chi connectivity index (χ3n) is 5.38. The van der Waals surface area contributed by atoms with Crippen LogP contribution < -0.4 is 0 Å². The van der Waals surface area contributed by atoms with Crippen molar-refractivity contribution in [2.75, 3.05) is 7.11 Å². The van der Waals surface area contributed by atoms with Gasteiger partial charge in [-0.05, 0) is 27.8 Å². The van der Waals surface area contributed by atoms with Crippen molar-refractivity contribution in [3.63, 3.8) is 0 Å². The number of ether oxygens (including phenoxy) is 1. The molecule has 0 radical (unpaired) electrons. The predicted octanol–water partition coefficient (Wildman–Crippen LogP) is 6.51. The summed E-state index contributed by atoms with van der Waals surface area (Å²) in [5.41, 5.74) is 3.80. The van der Waals surface area contributed by atoms with Gasteiger partial charge in [-0.25, -0.2) is 9.78 Å². The van der Waals surface area contributed by atoms with Crippen LogP contribution in [-0.2, 0) is 4.74 Å². The number of aromatic nitrogens is 1. The van der Waals surface area contributed by atoms with Gasteiger partial charge < -0.3 is 4.74 Å². The molecule has 30 heavy (non-hydrogen) atoms. The minimum atomic E-state index is -0.443. The number of hydrogen-bond acceptors (Lipinski definition) is 3. The first-order valence-corrected chi connectivity index (χ1v) is 9.82. The Kier molecular flexibility index (Phi) is 4.49. The third kappa shape index (κ3) is 3.01. The first-order chi connectivity index (χ1) is 14.8. The van der Waals surface area contributed by atoms with Crippen LogP contribution in [-0.4, -0.2) is 18.1 Å². The minimum absolute atomic E-state index is 0.325. The topological polar surface area (TPSA) is 39.2 Å². The average Bonchev–Trinajstić information content (AvgIpc) is 2.82. The normalized spacial score (nSPS) is 11.0. The van der Waals surface area contributed by atoms with Crippen LogP contribution in [0.5, 0.6) is 0 Å². The zero-order valence-electron chi connectivity index (χ0n) is 16.5. The Morgan fingerprint density at radius 1 is 0.700 bits per heavy atom. The van der Waals surface area contributed by atoms with Crippen LogP contribution in [0.15, 0.2) is 97.1 Å². The lowest BCUT2D eigenvalue weighted by Gasteiger charge is -2.15. The van der Waals surface area contributed by atoms with Gasteiger partial charge in [-0.2, -0.15) is 0 Å². The summed E-state index contributed by atoms with van der Waals surface area (Å²) in [6.07, 6.45) is 0. The number of hydrogen-bond donors (Lipinski definition) is 0. The number of nitrogens with zero attached hydrogens (tertiary/aromatic N) is 1. The molecular formula is C27H19NO2. The van der Waals surface area contributed by atoms with Crippen molar-refractivity contribution < 1.29 is 9.53 Å². The van der Waals surface area contributed by atoms with E-state index in [0.29, 0.717) is 5.69 Å². The van der Waals surface area contributed by atoms with Gasteiger partial charge in [0.2, 0.25) is 0 Å². The molecule has 0 aliphatic carbocycles. The third-order valence-corrected chi connectivity index (χ3v) is 5.38. The standard InChI is InChI=1S/C27H19NO2/c1-30-27(29)26-24(19-10-3-2-4-11-19)22-13-7-8-14-23(22)25(28-26)21-16-15-18-9-5-6-12-20(18)17-21/h2-17H,1H3. The van der Waals surface area contributed by atoms with E-state index in [2.05, 4.69) is 36.4 Å². The second-order valence-corrected chi connectivity index (χ2v) is 7.15. The SMILES string of the molecule is COC(=O)c1nc(-c2ccc3ccccc3c2)c2ccccc2c1-c1ccccc1. The summed E-state index contributed by atoms with van der Waals surface area (Å²) in [5.74, 6) is -0.443. The first-order valence-electron chi connectivity index (χ1n) is 9.82. The lowest BCUT2D eigenvalue weighted by Crippen LogP contribution is -2.08. The van der Waals surface area contributed by atoms with Gasteiger partial charge in [0.15, 0.2) is 5.69 Å². The van der Waals surface area contributed by atoms with Gasteiger partial charge in [0, 0.05) is 16.5 Å². The molecule has 0 amide bonds. The highest BCUT2D eigenvalue weighted by Gasteiger charge is 2.21. The van der Waals surface area contributed by atoms with E-state index in [1.807, 2.05) is 60.7 Å². The lowest BCUT2D eigenvalue weighted by molar-refractivity contribution is 0.0595. The van der Waals surface area contributed by atoms with Crippen LogP contribution in [0.2, 0.25) is 0 Å². The molecule has 0 spiro atoms. The fourth-order valence-corrected chi connectivity index (χ4v) is 3.96. The molecule has 5 aromatic rings. The summed E-state index contributed by atoms with van der Waals surface area (Å²) in [6, 6.07) is 32.4. The summed E-state index contributed by atoms with van der Waals surface area (Å²) in [6.45, 7) is 0. The van der Waals surface area contributed by atoms with E-state index in [1.54, 1.807) is 0 Å². The van der Waals surface area contributed by atoms with Crippen LogP contribution in [0.1, 0.15) is 10.5 Å². The molecule has 0 saturated carbocycles. The van der Waals surface area contributed by atoms with Crippen LogP contribution in [0.3, 0.4) is 0 Å². The highest BCUT2D eigenvalue weighted by Crippen LogP contribution is 2.37. The maximum absolute atomic E-state index is 12.8. The zero-order chi connectivity index (χ0) is 20.5. The first kappa shape index (κ1) is 18.1. The Bertz CT molecular complexity index is 1390. The quantitative estimate of drug-likeness (QED) is 0.330. The molecule has 0 unspecified atom stereocenters. The zero-order valence-corrected chi connectivity index (χ0v) is 16.5. The molecule has 0 N–H and O–H groups in total. The smallest absolute Gasteiger partial charge is 0.357 e. The number of benzene rings is 4. The maximum atomic E-state index is 12.8. The molecule has 3 nitrogen and oxygen atoms in total. The van der Waals surface area contributed by atoms with E-state index < -0.39 is 5.97 Å². The number of pyridine rings is 1. The molecular weight excluding hydrogens is 370 g/mol. The van der Waals surface area contributed by atoms with Crippen molar-refractivity contribution >= 4 is 27.5 Å². The van der Waals surface area contributed by atoms with Crippen molar-refractivity contribution in [3.05, 3.63) is 103 Å². The van der Waals surface area contributed by atoms with Gasteiger partial charge in [0.05, 0.1) is 12.8 Å². The fourth-order valence-electron chi connectivity index (χ4n) is 3.96. The number of carbonyl (C=O) groups excluding carboxylic acids is 1. The number of carbonyl (C=O) groups is 1. The van der Waals surface area contributed by atoms with Crippen LogP contribution in [0.4, 0.5) is 0 Å². The Hall–Kier alpha value is -3.98. The maximum Gasteiger partial charge on any atom is 0.357 e. The second-order valence-electron chi connectivity index (χ2n) is 7.15. The average molecular weight is 389 g/mol. The second kappa shape index (κ2) is 7.45.